The molecule has 4 fully saturated rings. The highest BCUT2D eigenvalue weighted by Crippen LogP contribution is 2.67. The van der Waals surface area contributed by atoms with Crippen LogP contribution in [0.2, 0.25) is 0 Å². The first kappa shape index (κ1) is 35.6. The highest BCUT2D eigenvalue weighted by molar-refractivity contribution is 6.58. The Balaban J connectivity index is 1.19. The number of phenolic OH excluding ortho intramolecular Hbond substituents is 1. The summed E-state index contributed by atoms with van der Waals surface area (Å²) in [5.41, 5.74) is 2.08. The fraction of sp³-hybridized carbons (Fsp3) is 0.400. The van der Waals surface area contributed by atoms with Gasteiger partial charge in [-0.2, -0.15) is 0 Å². The van der Waals surface area contributed by atoms with Crippen LogP contribution in [-0.2, 0) is 25.7 Å². The Morgan fingerprint density at radius 2 is 1.51 bits per heavy atom. The topological polar surface area (TPSA) is 117 Å². The van der Waals surface area contributed by atoms with Crippen LogP contribution in [0.3, 0.4) is 0 Å². The summed E-state index contributed by atoms with van der Waals surface area (Å²) in [4.78, 5) is 58.5. The molecule has 5 aliphatic rings. The number of aromatic hydroxyl groups is 1. The summed E-state index contributed by atoms with van der Waals surface area (Å²) in [6.45, 7) is 2.22. The average Bonchev–Trinajstić information content (AvgIpc) is 3.50. The molecule has 1 saturated carbocycles. The van der Waals surface area contributed by atoms with Crippen molar-refractivity contribution in [3.8, 4) is 17.2 Å². The summed E-state index contributed by atoms with van der Waals surface area (Å²) in [5, 5.41) is 10.6. The molecule has 8 rings (SSSR count). The average molecular weight is 763 g/mol. The van der Waals surface area contributed by atoms with E-state index >= 15 is 0 Å². The van der Waals surface area contributed by atoms with Gasteiger partial charge in [0.1, 0.15) is 23.1 Å². The molecule has 276 valence electrons. The third-order valence-corrected chi connectivity index (χ3v) is 13.3. The number of imide groups is 2. The number of benzene rings is 3. The van der Waals surface area contributed by atoms with Gasteiger partial charge in [-0.05, 0) is 61.4 Å². The van der Waals surface area contributed by atoms with Crippen LogP contribution in [0.15, 0.2) is 78.4 Å². The van der Waals surface area contributed by atoms with E-state index in [1.165, 1.54) is 48.9 Å². The Morgan fingerprint density at radius 3 is 2.13 bits per heavy atom. The number of carbonyl (C=O) groups excluding carboxylic acids is 4. The largest absolute Gasteiger partial charge is 0.508 e. The molecule has 3 aliphatic heterocycles. The Morgan fingerprint density at radius 1 is 0.868 bits per heavy atom. The van der Waals surface area contributed by atoms with E-state index in [0.29, 0.717) is 18.4 Å². The first-order valence-corrected chi connectivity index (χ1v) is 18.5. The molecule has 2 aliphatic carbocycles. The van der Waals surface area contributed by atoms with Crippen molar-refractivity contribution in [2.75, 3.05) is 32.2 Å². The number of ether oxygens (including phenoxy) is 2. The van der Waals surface area contributed by atoms with Crippen LogP contribution in [0.5, 0.6) is 17.2 Å². The Labute approximate surface area is 316 Å². The van der Waals surface area contributed by atoms with Crippen LogP contribution >= 0.6 is 23.2 Å². The number of hydrogen-bond donors (Lipinski definition) is 1. The number of amides is 4. The highest BCUT2D eigenvalue weighted by atomic mass is 35.5. The van der Waals surface area contributed by atoms with Gasteiger partial charge in [0.05, 0.1) is 31.7 Å². The number of likely N-dealkylation sites (tertiary alicyclic amines) is 2. The van der Waals surface area contributed by atoms with Gasteiger partial charge in [-0.1, -0.05) is 42.0 Å². The van der Waals surface area contributed by atoms with Crippen molar-refractivity contribution < 1.29 is 38.1 Å². The Bertz CT molecular complexity index is 2010. The summed E-state index contributed by atoms with van der Waals surface area (Å²) in [7, 11) is 2.76. The van der Waals surface area contributed by atoms with Gasteiger partial charge in [0.25, 0.3) is 11.8 Å². The predicted molar refractivity (Wildman–Crippen MR) is 194 cm³/mol. The number of phenols is 1. The normalized spacial score (nSPS) is 30.2. The van der Waals surface area contributed by atoms with E-state index in [9.17, 15) is 28.7 Å². The fourth-order valence-electron chi connectivity index (χ4n) is 9.49. The predicted octanol–water partition coefficient (Wildman–Crippen LogP) is 5.78. The molecule has 1 N–H and O–H groups in total. The summed E-state index contributed by atoms with van der Waals surface area (Å²) >= 11 is 15.1. The minimum absolute atomic E-state index is 0.0750. The summed E-state index contributed by atoms with van der Waals surface area (Å²) in [6.07, 6.45) is 3.09. The first-order chi connectivity index (χ1) is 25.4. The van der Waals surface area contributed by atoms with Crippen LogP contribution in [0.25, 0.3) is 0 Å². The molecule has 3 aromatic rings. The zero-order chi connectivity index (χ0) is 37.4. The van der Waals surface area contributed by atoms with Crippen LogP contribution in [0, 0.1) is 23.6 Å². The van der Waals surface area contributed by atoms with Crippen molar-refractivity contribution in [2.24, 2.45) is 17.8 Å². The standard InChI is InChI=1S/C40H38Cl2FN3O7/c1-52-30-18-26(47)19-31(53-2)33(30)34-27-12-13-28-32(36(49)45(35(28)48)25-14-16-44(17-15-25)21-22-6-4-3-5-7-22)29(27)20-39(41)37(50)46(38(51)40(34,39)42)24-10-8-23(43)9-11-24/h3-12,18-19,25,28-29,32,34,47H,13-17,20-21H2,1-2H3. The minimum Gasteiger partial charge on any atom is -0.508 e. The molecule has 3 heterocycles. The van der Waals surface area contributed by atoms with Gasteiger partial charge < -0.3 is 14.6 Å². The zero-order valence-corrected chi connectivity index (χ0v) is 30.6. The van der Waals surface area contributed by atoms with Gasteiger partial charge in [-0.25, -0.2) is 9.29 Å². The number of methoxy groups -OCH3 is 2. The van der Waals surface area contributed by atoms with E-state index in [1.54, 1.807) is 0 Å². The van der Waals surface area contributed by atoms with Crippen molar-refractivity contribution >= 4 is 52.5 Å². The van der Waals surface area contributed by atoms with Crippen LogP contribution in [0.4, 0.5) is 10.1 Å². The van der Waals surface area contributed by atoms with E-state index in [-0.39, 0.29) is 59.2 Å². The number of rotatable bonds is 7. The number of alkyl halides is 2. The van der Waals surface area contributed by atoms with E-state index in [0.717, 1.165) is 36.7 Å². The van der Waals surface area contributed by atoms with Gasteiger partial charge in [-0.15, -0.1) is 23.2 Å². The van der Waals surface area contributed by atoms with Crippen molar-refractivity contribution in [3.05, 3.63) is 95.3 Å². The van der Waals surface area contributed by atoms with Gasteiger partial charge in [0.15, 0.2) is 9.75 Å². The zero-order valence-electron chi connectivity index (χ0n) is 29.1. The second kappa shape index (κ2) is 13.1. The number of carbonyl (C=O) groups is 4. The molecule has 0 spiro atoms. The molecule has 3 aromatic carbocycles. The van der Waals surface area contributed by atoms with Gasteiger partial charge in [0.2, 0.25) is 11.8 Å². The summed E-state index contributed by atoms with van der Waals surface area (Å²) < 4.78 is 25.5. The summed E-state index contributed by atoms with van der Waals surface area (Å²) in [5.74, 6) is -6.27. The Hall–Kier alpha value is -4.45. The van der Waals surface area contributed by atoms with Crippen molar-refractivity contribution in [3.63, 3.8) is 0 Å². The quantitative estimate of drug-likeness (QED) is 0.183. The molecular weight excluding hydrogens is 724 g/mol. The van der Waals surface area contributed by atoms with E-state index < -0.39 is 51.1 Å². The highest BCUT2D eigenvalue weighted by Gasteiger charge is 2.77. The second-order valence-electron chi connectivity index (χ2n) is 14.6. The van der Waals surface area contributed by atoms with Crippen molar-refractivity contribution in [1.29, 1.82) is 0 Å². The molecule has 53 heavy (non-hydrogen) atoms. The number of halogens is 3. The number of anilines is 1. The van der Waals surface area contributed by atoms with E-state index in [4.69, 9.17) is 32.7 Å². The maximum absolute atomic E-state index is 14.7. The number of piperidine rings is 1. The molecule has 4 amide bonds. The lowest BCUT2D eigenvalue weighted by Gasteiger charge is -2.51. The molecule has 3 saturated heterocycles. The maximum Gasteiger partial charge on any atom is 0.258 e. The first-order valence-electron chi connectivity index (χ1n) is 17.7. The van der Waals surface area contributed by atoms with Crippen LogP contribution < -0.4 is 14.4 Å². The monoisotopic (exact) mass is 761 g/mol. The minimum atomic E-state index is -2.19. The third kappa shape index (κ3) is 5.29. The van der Waals surface area contributed by atoms with E-state index in [2.05, 4.69) is 17.0 Å². The lowest BCUT2D eigenvalue weighted by molar-refractivity contribution is -0.144. The molecular formula is C40H38Cl2FN3O7. The SMILES string of the molecule is COc1cc(O)cc(OC)c1C1C2=CCC3C(=O)N(C4CCN(Cc5ccccc5)CC4)C(=O)C3C2CC2(Cl)C(=O)N(c3ccc(F)cc3)C(=O)C12Cl. The lowest BCUT2D eigenvalue weighted by atomic mass is 9.56. The van der Waals surface area contributed by atoms with Gasteiger partial charge in [0, 0.05) is 49.3 Å². The fourth-order valence-corrected chi connectivity index (χ4v) is 10.4. The molecule has 6 atom stereocenters. The van der Waals surface area contributed by atoms with Crippen LogP contribution in [-0.4, -0.2) is 81.6 Å². The van der Waals surface area contributed by atoms with E-state index in [1.807, 2.05) is 24.3 Å². The Kier molecular flexibility index (Phi) is 8.82. The number of nitrogens with zero attached hydrogens (tertiary/aromatic N) is 3. The third-order valence-electron chi connectivity index (χ3n) is 11.9. The van der Waals surface area contributed by atoms with Gasteiger partial charge >= 0.3 is 0 Å². The van der Waals surface area contributed by atoms with Crippen molar-refractivity contribution in [1.82, 2.24) is 9.80 Å². The number of allylic oxidation sites excluding steroid dienone is 2. The lowest BCUT2D eigenvalue weighted by Crippen LogP contribution is -2.60. The number of hydrogen-bond acceptors (Lipinski definition) is 8. The molecule has 0 radical (unpaired) electrons. The number of fused-ring (bicyclic) bond motifs is 4. The van der Waals surface area contributed by atoms with Crippen LogP contribution in [0.1, 0.15) is 42.7 Å². The molecule has 0 bridgehead atoms. The second-order valence-corrected chi connectivity index (χ2v) is 15.8. The van der Waals surface area contributed by atoms with Crippen molar-refractivity contribution in [2.45, 2.75) is 53.9 Å². The van der Waals surface area contributed by atoms with Gasteiger partial charge in [-0.3, -0.25) is 29.0 Å². The smallest absolute Gasteiger partial charge is 0.258 e. The molecule has 0 aromatic heterocycles. The maximum atomic E-state index is 14.7. The molecule has 13 heteroatoms. The summed E-state index contributed by atoms with van der Waals surface area (Å²) in [6, 6.07) is 17.4. The molecule has 10 nitrogen and oxygen atoms in total. The molecule has 6 unspecified atom stereocenters.